The Hall–Kier alpha value is -1.40. The zero-order chi connectivity index (χ0) is 12.4. The van der Waals surface area contributed by atoms with E-state index in [9.17, 15) is 4.79 Å². The van der Waals surface area contributed by atoms with Crippen LogP contribution in [0.5, 0.6) is 0 Å². The number of rotatable bonds is 2. The summed E-state index contributed by atoms with van der Waals surface area (Å²) in [7, 11) is 0. The molecule has 4 nitrogen and oxygen atoms in total. The van der Waals surface area contributed by atoms with Gasteiger partial charge in [-0.15, -0.1) is 11.3 Å². The fourth-order valence-electron chi connectivity index (χ4n) is 1.33. The molecule has 0 aliphatic rings. The van der Waals surface area contributed by atoms with Crippen molar-refractivity contribution in [3.63, 3.8) is 0 Å². The maximum absolute atomic E-state index is 11.9. The number of hydrogen-bond acceptors (Lipinski definition) is 4. The number of thiazole rings is 1. The second-order valence-corrected chi connectivity index (χ2v) is 5.17. The number of carbonyl (C=O) groups is 1. The van der Waals surface area contributed by atoms with E-state index in [4.69, 9.17) is 5.73 Å². The quantitative estimate of drug-likeness (QED) is 0.838. The van der Waals surface area contributed by atoms with Crippen molar-refractivity contribution in [2.45, 2.75) is 6.92 Å². The summed E-state index contributed by atoms with van der Waals surface area (Å²) >= 11 is 4.62. The first kappa shape index (κ1) is 12.1. The van der Waals surface area contributed by atoms with Crippen LogP contribution in [-0.4, -0.2) is 10.9 Å². The van der Waals surface area contributed by atoms with Gasteiger partial charge in [-0.25, -0.2) is 4.98 Å². The lowest BCUT2D eigenvalue weighted by atomic mass is 10.2. The number of benzene rings is 1. The summed E-state index contributed by atoms with van der Waals surface area (Å²) in [6, 6.07) is 5.29. The van der Waals surface area contributed by atoms with E-state index < -0.39 is 0 Å². The third kappa shape index (κ3) is 2.65. The molecule has 88 valence electrons. The van der Waals surface area contributed by atoms with E-state index >= 15 is 0 Å². The third-order valence-corrected chi connectivity index (χ3v) is 3.86. The molecular formula is C11H10BrN3OS. The summed E-state index contributed by atoms with van der Waals surface area (Å²) in [4.78, 5) is 16.6. The summed E-state index contributed by atoms with van der Waals surface area (Å²) in [6.45, 7) is 1.81. The van der Waals surface area contributed by atoms with Gasteiger partial charge in [0.2, 0.25) is 0 Å². The second-order valence-electron chi connectivity index (χ2n) is 3.46. The standard InChI is InChI=1S/C11H10BrN3OS/c1-6-10(17-5-14-6)11(16)15-7-2-3-8(12)9(13)4-7/h2-5H,13H2,1H3,(H,15,16). The normalized spacial score (nSPS) is 10.2. The molecule has 0 spiro atoms. The molecule has 2 aromatic rings. The van der Waals surface area contributed by atoms with E-state index in [1.54, 1.807) is 30.6 Å². The van der Waals surface area contributed by atoms with Crippen LogP contribution in [0.4, 0.5) is 11.4 Å². The highest BCUT2D eigenvalue weighted by Gasteiger charge is 2.12. The van der Waals surface area contributed by atoms with Crippen molar-refractivity contribution in [3.8, 4) is 0 Å². The van der Waals surface area contributed by atoms with Gasteiger partial charge in [-0.3, -0.25) is 4.79 Å². The minimum atomic E-state index is -0.160. The Morgan fingerprint density at radius 1 is 1.53 bits per heavy atom. The minimum absolute atomic E-state index is 0.160. The third-order valence-electron chi connectivity index (χ3n) is 2.21. The maximum atomic E-state index is 11.9. The molecule has 0 bridgehead atoms. The number of nitrogens with two attached hydrogens (primary N) is 1. The number of aryl methyl sites for hydroxylation is 1. The molecule has 0 aliphatic heterocycles. The van der Waals surface area contributed by atoms with E-state index in [1.165, 1.54) is 11.3 Å². The van der Waals surface area contributed by atoms with Crippen molar-refractivity contribution in [1.82, 2.24) is 4.98 Å². The molecular weight excluding hydrogens is 302 g/mol. The van der Waals surface area contributed by atoms with Crippen LogP contribution in [0.2, 0.25) is 0 Å². The Labute approximate surface area is 111 Å². The molecule has 0 radical (unpaired) electrons. The van der Waals surface area contributed by atoms with Gasteiger partial charge < -0.3 is 11.1 Å². The number of anilines is 2. The van der Waals surface area contributed by atoms with Crippen LogP contribution in [0.1, 0.15) is 15.4 Å². The molecule has 0 saturated carbocycles. The molecule has 0 aliphatic carbocycles. The van der Waals surface area contributed by atoms with Gasteiger partial charge in [-0.2, -0.15) is 0 Å². The van der Waals surface area contributed by atoms with Crippen LogP contribution in [0.15, 0.2) is 28.2 Å². The fourth-order valence-corrected chi connectivity index (χ4v) is 2.27. The van der Waals surface area contributed by atoms with E-state index in [-0.39, 0.29) is 5.91 Å². The summed E-state index contributed by atoms with van der Waals surface area (Å²) < 4.78 is 0.810. The Balaban J connectivity index is 2.19. The van der Waals surface area contributed by atoms with Gasteiger partial charge in [-0.1, -0.05) is 0 Å². The maximum Gasteiger partial charge on any atom is 0.267 e. The number of carbonyl (C=O) groups excluding carboxylic acids is 1. The molecule has 3 N–H and O–H groups in total. The van der Waals surface area contributed by atoms with Crippen molar-refractivity contribution in [2.75, 3.05) is 11.1 Å². The van der Waals surface area contributed by atoms with Crippen LogP contribution in [0.3, 0.4) is 0 Å². The summed E-state index contributed by atoms with van der Waals surface area (Å²) in [5, 5.41) is 2.78. The van der Waals surface area contributed by atoms with E-state index in [0.717, 1.165) is 10.2 Å². The number of nitrogen functional groups attached to an aromatic ring is 1. The molecule has 2 rings (SSSR count). The number of hydrogen-bond donors (Lipinski definition) is 2. The van der Waals surface area contributed by atoms with Gasteiger partial charge in [0, 0.05) is 15.8 Å². The lowest BCUT2D eigenvalue weighted by Gasteiger charge is -2.06. The average Bonchev–Trinajstić information content (AvgIpc) is 2.70. The highest BCUT2D eigenvalue weighted by atomic mass is 79.9. The Morgan fingerprint density at radius 2 is 2.29 bits per heavy atom. The number of nitrogens with zero attached hydrogens (tertiary/aromatic N) is 1. The van der Waals surface area contributed by atoms with Crippen LogP contribution < -0.4 is 11.1 Å². The first-order chi connectivity index (χ1) is 8.08. The van der Waals surface area contributed by atoms with E-state index in [1.807, 2.05) is 0 Å². The molecule has 0 unspecified atom stereocenters. The van der Waals surface area contributed by atoms with Gasteiger partial charge >= 0.3 is 0 Å². The molecule has 6 heteroatoms. The lowest BCUT2D eigenvalue weighted by molar-refractivity contribution is 0.103. The van der Waals surface area contributed by atoms with Gasteiger partial charge in [0.15, 0.2) is 0 Å². The van der Waals surface area contributed by atoms with Crippen LogP contribution in [0, 0.1) is 6.92 Å². The van der Waals surface area contributed by atoms with Crippen molar-refractivity contribution >= 4 is 44.5 Å². The molecule has 1 aromatic heterocycles. The summed E-state index contributed by atoms with van der Waals surface area (Å²) in [5.41, 5.74) is 9.38. The minimum Gasteiger partial charge on any atom is -0.398 e. The summed E-state index contributed by atoms with van der Waals surface area (Å²) in [5.74, 6) is -0.160. The number of halogens is 1. The van der Waals surface area contributed by atoms with Crippen LogP contribution in [0.25, 0.3) is 0 Å². The highest BCUT2D eigenvalue weighted by Crippen LogP contribution is 2.23. The van der Waals surface area contributed by atoms with Gasteiger partial charge in [0.25, 0.3) is 5.91 Å². The monoisotopic (exact) mass is 311 g/mol. The zero-order valence-corrected chi connectivity index (χ0v) is 11.4. The molecule has 17 heavy (non-hydrogen) atoms. The van der Waals surface area contributed by atoms with Crippen molar-refractivity contribution < 1.29 is 4.79 Å². The number of aromatic nitrogens is 1. The molecule has 1 amide bonds. The van der Waals surface area contributed by atoms with E-state index in [2.05, 4.69) is 26.2 Å². The number of nitrogens with one attached hydrogen (secondary N) is 1. The smallest absolute Gasteiger partial charge is 0.267 e. The van der Waals surface area contributed by atoms with Crippen molar-refractivity contribution in [3.05, 3.63) is 38.8 Å². The largest absolute Gasteiger partial charge is 0.398 e. The average molecular weight is 312 g/mol. The first-order valence-corrected chi connectivity index (χ1v) is 6.51. The summed E-state index contributed by atoms with van der Waals surface area (Å²) in [6.07, 6.45) is 0. The first-order valence-electron chi connectivity index (χ1n) is 4.84. The molecule has 0 fully saturated rings. The fraction of sp³-hybridized carbons (Fsp3) is 0.0909. The molecule has 1 heterocycles. The van der Waals surface area contributed by atoms with Gasteiger partial charge in [0.05, 0.1) is 11.2 Å². The van der Waals surface area contributed by atoms with E-state index in [0.29, 0.717) is 16.3 Å². The molecule has 0 saturated heterocycles. The topological polar surface area (TPSA) is 68.0 Å². The second kappa shape index (κ2) is 4.85. The predicted octanol–water partition coefficient (Wildman–Crippen LogP) is 3.05. The van der Waals surface area contributed by atoms with Crippen molar-refractivity contribution in [1.29, 1.82) is 0 Å². The van der Waals surface area contributed by atoms with Gasteiger partial charge in [0.1, 0.15) is 4.88 Å². The van der Waals surface area contributed by atoms with Crippen LogP contribution >= 0.6 is 27.3 Å². The Bertz CT molecular complexity index is 568. The highest BCUT2D eigenvalue weighted by molar-refractivity contribution is 9.10. The lowest BCUT2D eigenvalue weighted by Crippen LogP contribution is -2.11. The van der Waals surface area contributed by atoms with Gasteiger partial charge in [-0.05, 0) is 41.1 Å². The Morgan fingerprint density at radius 3 is 2.88 bits per heavy atom. The molecule has 0 atom stereocenters. The SMILES string of the molecule is Cc1ncsc1C(=O)Nc1ccc(Br)c(N)c1. The van der Waals surface area contributed by atoms with Crippen LogP contribution in [-0.2, 0) is 0 Å². The molecule has 1 aromatic carbocycles. The zero-order valence-electron chi connectivity index (χ0n) is 9.03. The van der Waals surface area contributed by atoms with Crippen molar-refractivity contribution in [2.24, 2.45) is 0 Å². The Kier molecular flexibility index (Phi) is 3.44. The predicted molar refractivity (Wildman–Crippen MR) is 73.4 cm³/mol. The number of amides is 1.